The van der Waals surface area contributed by atoms with E-state index >= 15 is 0 Å². The molecule has 0 atom stereocenters. The quantitative estimate of drug-likeness (QED) is 0.803. The number of methoxy groups -OCH3 is 1. The fraction of sp³-hybridized carbons (Fsp3) is 0.333. The minimum atomic E-state index is -0.396. The fourth-order valence-electron chi connectivity index (χ4n) is 2.09. The van der Waals surface area contributed by atoms with Crippen molar-refractivity contribution in [3.05, 3.63) is 34.4 Å². The first-order chi connectivity index (χ1) is 8.14. The van der Waals surface area contributed by atoms with E-state index in [1.165, 1.54) is 0 Å². The SMILES string of the molecule is COc1cccc2c(C3(N)CC3)[nH]c(=O)nc12. The molecule has 88 valence electrons. The van der Waals surface area contributed by atoms with Crippen molar-refractivity contribution in [2.24, 2.45) is 5.73 Å². The van der Waals surface area contributed by atoms with Crippen LogP contribution in [0, 0.1) is 0 Å². The van der Waals surface area contributed by atoms with Crippen LogP contribution in [-0.2, 0) is 5.54 Å². The normalized spacial score (nSPS) is 17.1. The average Bonchev–Trinajstić information content (AvgIpc) is 3.06. The molecular formula is C12H13N3O2. The predicted molar refractivity (Wildman–Crippen MR) is 64.0 cm³/mol. The molecule has 1 aromatic carbocycles. The number of ether oxygens (including phenoxy) is 1. The summed E-state index contributed by atoms with van der Waals surface area (Å²) >= 11 is 0. The molecule has 1 heterocycles. The smallest absolute Gasteiger partial charge is 0.345 e. The van der Waals surface area contributed by atoms with Crippen molar-refractivity contribution in [3.63, 3.8) is 0 Å². The number of hydrogen-bond donors (Lipinski definition) is 2. The van der Waals surface area contributed by atoms with Crippen molar-refractivity contribution >= 4 is 10.9 Å². The third kappa shape index (κ3) is 1.51. The van der Waals surface area contributed by atoms with E-state index in [0.29, 0.717) is 11.3 Å². The predicted octanol–water partition coefficient (Wildman–Crippen LogP) is 0.879. The maximum Gasteiger partial charge on any atom is 0.345 e. The molecule has 0 bridgehead atoms. The topological polar surface area (TPSA) is 81.0 Å². The monoisotopic (exact) mass is 231 g/mol. The van der Waals surface area contributed by atoms with Crippen LogP contribution in [0.4, 0.5) is 0 Å². The van der Waals surface area contributed by atoms with Crippen LogP contribution in [0.15, 0.2) is 23.0 Å². The van der Waals surface area contributed by atoms with Gasteiger partial charge in [-0.1, -0.05) is 12.1 Å². The van der Waals surface area contributed by atoms with Crippen molar-refractivity contribution in [1.82, 2.24) is 9.97 Å². The molecule has 0 aliphatic heterocycles. The Morgan fingerprint density at radius 1 is 1.47 bits per heavy atom. The number of nitrogens with two attached hydrogens (primary N) is 1. The van der Waals surface area contributed by atoms with Gasteiger partial charge in [-0.25, -0.2) is 4.79 Å². The van der Waals surface area contributed by atoms with Gasteiger partial charge in [0.2, 0.25) is 0 Å². The summed E-state index contributed by atoms with van der Waals surface area (Å²) in [5.41, 5.74) is 6.72. The average molecular weight is 231 g/mol. The van der Waals surface area contributed by atoms with Gasteiger partial charge in [-0.2, -0.15) is 4.98 Å². The van der Waals surface area contributed by atoms with Crippen LogP contribution in [-0.4, -0.2) is 17.1 Å². The van der Waals surface area contributed by atoms with Crippen molar-refractivity contribution in [2.45, 2.75) is 18.4 Å². The lowest BCUT2D eigenvalue weighted by Crippen LogP contribution is -2.25. The Bertz CT molecular complexity index is 644. The maximum absolute atomic E-state index is 11.6. The first kappa shape index (κ1) is 10.3. The molecule has 2 aromatic rings. The van der Waals surface area contributed by atoms with Gasteiger partial charge in [0.15, 0.2) is 0 Å². The van der Waals surface area contributed by atoms with E-state index in [0.717, 1.165) is 23.9 Å². The van der Waals surface area contributed by atoms with Crippen molar-refractivity contribution in [3.8, 4) is 5.75 Å². The van der Waals surface area contributed by atoms with Crippen molar-refractivity contribution < 1.29 is 4.74 Å². The second-order valence-corrected chi connectivity index (χ2v) is 4.43. The molecule has 0 radical (unpaired) electrons. The number of aromatic amines is 1. The third-order valence-corrected chi connectivity index (χ3v) is 3.22. The van der Waals surface area contributed by atoms with Gasteiger partial charge >= 0.3 is 5.69 Å². The van der Waals surface area contributed by atoms with Crippen LogP contribution in [0.2, 0.25) is 0 Å². The van der Waals surface area contributed by atoms with Crippen LogP contribution < -0.4 is 16.2 Å². The molecular weight excluding hydrogens is 218 g/mol. The van der Waals surface area contributed by atoms with Gasteiger partial charge in [-0.05, 0) is 18.9 Å². The number of aromatic nitrogens is 2. The lowest BCUT2D eigenvalue weighted by molar-refractivity contribution is 0.418. The molecule has 0 amide bonds. The molecule has 1 aromatic heterocycles. The molecule has 1 aliphatic rings. The standard InChI is InChI=1S/C12H13N3O2/c1-17-8-4-2-3-7-9(8)14-11(16)15-10(7)12(13)5-6-12/h2-4H,5-6,13H2,1H3,(H,14,15,16). The highest BCUT2D eigenvalue weighted by Gasteiger charge is 2.42. The first-order valence-corrected chi connectivity index (χ1v) is 5.50. The van der Waals surface area contributed by atoms with E-state index < -0.39 is 5.54 Å². The summed E-state index contributed by atoms with van der Waals surface area (Å²) in [6, 6.07) is 5.56. The number of nitrogens with one attached hydrogen (secondary N) is 1. The summed E-state index contributed by atoms with van der Waals surface area (Å²) in [7, 11) is 1.56. The van der Waals surface area contributed by atoms with E-state index in [2.05, 4.69) is 9.97 Å². The minimum absolute atomic E-state index is 0.381. The van der Waals surface area contributed by atoms with E-state index in [1.54, 1.807) is 13.2 Å². The summed E-state index contributed by atoms with van der Waals surface area (Å²) < 4.78 is 5.21. The zero-order valence-corrected chi connectivity index (χ0v) is 9.49. The minimum Gasteiger partial charge on any atom is -0.494 e. The van der Waals surface area contributed by atoms with E-state index in [4.69, 9.17) is 10.5 Å². The zero-order valence-electron chi connectivity index (χ0n) is 9.49. The summed E-state index contributed by atoms with van der Waals surface area (Å²) in [6.07, 6.45) is 1.78. The second kappa shape index (κ2) is 3.30. The molecule has 1 saturated carbocycles. The molecule has 0 unspecified atom stereocenters. The van der Waals surface area contributed by atoms with E-state index in [-0.39, 0.29) is 5.69 Å². The Kier molecular flexibility index (Phi) is 2.00. The molecule has 5 heteroatoms. The number of rotatable bonds is 2. The molecule has 0 saturated heterocycles. The molecule has 5 nitrogen and oxygen atoms in total. The van der Waals surface area contributed by atoms with Gasteiger partial charge in [0.05, 0.1) is 12.6 Å². The van der Waals surface area contributed by atoms with Gasteiger partial charge in [-0.3, -0.25) is 0 Å². The van der Waals surface area contributed by atoms with E-state index in [9.17, 15) is 4.79 Å². The highest BCUT2D eigenvalue weighted by Crippen LogP contribution is 2.44. The Balaban J connectivity index is 2.40. The molecule has 1 fully saturated rings. The molecule has 0 spiro atoms. The summed E-state index contributed by atoms with van der Waals surface area (Å²) in [4.78, 5) is 18.3. The van der Waals surface area contributed by atoms with E-state index in [1.807, 2.05) is 12.1 Å². The summed E-state index contributed by atoms with van der Waals surface area (Å²) in [5.74, 6) is 0.596. The first-order valence-electron chi connectivity index (χ1n) is 5.50. The lowest BCUT2D eigenvalue weighted by Gasteiger charge is -2.12. The van der Waals surface area contributed by atoms with Gasteiger partial charge in [0, 0.05) is 11.1 Å². The second-order valence-electron chi connectivity index (χ2n) is 4.43. The van der Waals surface area contributed by atoms with Crippen molar-refractivity contribution in [1.29, 1.82) is 0 Å². The summed E-state index contributed by atoms with van der Waals surface area (Å²) in [6.45, 7) is 0. The summed E-state index contributed by atoms with van der Waals surface area (Å²) in [5, 5.41) is 0.865. The number of para-hydroxylation sites is 1. The number of hydrogen-bond acceptors (Lipinski definition) is 4. The Morgan fingerprint density at radius 3 is 2.88 bits per heavy atom. The van der Waals surface area contributed by atoms with Crippen LogP contribution in [0.25, 0.3) is 10.9 Å². The molecule has 1 aliphatic carbocycles. The van der Waals surface area contributed by atoms with Crippen LogP contribution in [0.5, 0.6) is 5.75 Å². The van der Waals surface area contributed by atoms with Crippen LogP contribution in [0.3, 0.4) is 0 Å². The molecule has 3 rings (SSSR count). The number of nitrogens with zero attached hydrogens (tertiary/aromatic N) is 1. The van der Waals surface area contributed by atoms with Gasteiger partial charge in [-0.15, -0.1) is 0 Å². The fourth-order valence-corrected chi connectivity index (χ4v) is 2.09. The largest absolute Gasteiger partial charge is 0.494 e. The number of H-pyrrole nitrogens is 1. The van der Waals surface area contributed by atoms with Gasteiger partial charge < -0.3 is 15.5 Å². The Hall–Kier alpha value is -1.88. The highest BCUT2D eigenvalue weighted by molar-refractivity contribution is 5.87. The van der Waals surface area contributed by atoms with Crippen LogP contribution >= 0.6 is 0 Å². The Morgan fingerprint density at radius 2 is 2.24 bits per heavy atom. The zero-order chi connectivity index (χ0) is 12.0. The lowest BCUT2D eigenvalue weighted by atomic mass is 10.1. The molecule has 3 N–H and O–H groups in total. The van der Waals surface area contributed by atoms with Gasteiger partial charge in [0.1, 0.15) is 11.3 Å². The molecule has 17 heavy (non-hydrogen) atoms. The maximum atomic E-state index is 11.6. The number of fused-ring (bicyclic) bond motifs is 1. The van der Waals surface area contributed by atoms with Gasteiger partial charge in [0.25, 0.3) is 0 Å². The number of benzene rings is 1. The Labute approximate surface area is 97.6 Å². The van der Waals surface area contributed by atoms with Crippen molar-refractivity contribution in [2.75, 3.05) is 7.11 Å². The van der Waals surface area contributed by atoms with Crippen LogP contribution in [0.1, 0.15) is 18.5 Å². The third-order valence-electron chi connectivity index (χ3n) is 3.22. The highest BCUT2D eigenvalue weighted by atomic mass is 16.5.